The highest BCUT2D eigenvalue weighted by Crippen LogP contribution is 2.32. The molecule has 1 saturated carbocycles. The maximum atomic E-state index is 5.69. The number of nitrogens with zero attached hydrogens (tertiary/aromatic N) is 2. The lowest BCUT2D eigenvalue weighted by atomic mass is 10.4. The van der Waals surface area contributed by atoms with Crippen LogP contribution in [0, 0.1) is 0 Å². The van der Waals surface area contributed by atoms with Crippen LogP contribution in [0.4, 0.5) is 0 Å². The molecule has 0 radical (unpaired) electrons. The smallest absolute Gasteiger partial charge is 0.151 e. The Morgan fingerprint density at radius 1 is 1.38 bits per heavy atom. The van der Waals surface area contributed by atoms with Gasteiger partial charge in [-0.25, -0.2) is 0 Å². The number of thioether (sulfide) groups is 1. The molecule has 1 aromatic rings. The Morgan fingerprint density at radius 3 is 2.77 bits per heavy atom. The highest BCUT2D eigenvalue weighted by Gasteiger charge is 2.15. The normalized spacial score (nSPS) is 18.2. The molecule has 0 aliphatic heterocycles. The minimum atomic E-state index is 0.557. The molecule has 1 aliphatic carbocycles. The first kappa shape index (κ1) is 9.74. The Balaban J connectivity index is 1.78. The van der Waals surface area contributed by atoms with Gasteiger partial charge in [0.1, 0.15) is 5.01 Å². The number of halogens is 1. The van der Waals surface area contributed by atoms with Crippen molar-refractivity contribution in [2.75, 3.05) is 0 Å². The third-order valence-electron chi connectivity index (χ3n) is 2.19. The van der Waals surface area contributed by atoms with E-state index in [0.717, 1.165) is 16.0 Å². The average molecular weight is 235 g/mol. The van der Waals surface area contributed by atoms with Gasteiger partial charge in [-0.2, -0.15) is 11.8 Å². The summed E-state index contributed by atoms with van der Waals surface area (Å²) < 4.78 is 0.557. The highest BCUT2D eigenvalue weighted by atomic mass is 35.5. The van der Waals surface area contributed by atoms with Gasteiger partial charge in [0.05, 0.1) is 0 Å². The largest absolute Gasteiger partial charge is 0.207 e. The number of aromatic nitrogens is 2. The summed E-state index contributed by atoms with van der Waals surface area (Å²) in [6.45, 7) is 0. The van der Waals surface area contributed by atoms with E-state index in [4.69, 9.17) is 11.6 Å². The van der Waals surface area contributed by atoms with Crippen LogP contribution in [-0.2, 0) is 5.75 Å². The third kappa shape index (κ3) is 2.82. The first-order chi connectivity index (χ1) is 6.34. The van der Waals surface area contributed by atoms with Crippen molar-refractivity contribution in [3.63, 3.8) is 0 Å². The second-order valence-electron chi connectivity index (χ2n) is 3.17. The molecule has 0 atom stereocenters. The zero-order valence-corrected chi connectivity index (χ0v) is 9.59. The molecule has 2 nitrogen and oxygen atoms in total. The van der Waals surface area contributed by atoms with E-state index < -0.39 is 0 Å². The van der Waals surface area contributed by atoms with E-state index in [-0.39, 0.29) is 0 Å². The summed E-state index contributed by atoms with van der Waals surface area (Å²) in [7, 11) is 0. The Bertz CT molecular complexity index is 271. The molecule has 1 aromatic heterocycles. The predicted octanol–water partition coefficient (Wildman–Crippen LogP) is 3.37. The van der Waals surface area contributed by atoms with E-state index in [1.54, 1.807) is 0 Å². The molecular weight excluding hydrogens is 224 g/mol. The first-order valence-corrected chi connectivity index (χ1v) is 6.68. The topological polar surface area (TPSA) is 25.8 Å². The zero-order chi connectivity index (χ0) is 9.10. The van der Waals surface area contributed by atoms with Gasteiger partial charge >= 0.3 is 0 Å². The van der Waals surface area contributed by atoms with Gasteiger partial charge in [0.2, 0.25) is 4.47 Å². The summed E-state index contributed by atoms with van der Waals surface area (Å²) in [6.07, 6.45) is 5.54. The van der Waals surface area contributed by atoms with Gasteiger partial charge in [-0.3, -0.25) is 0 Å². The highest BCUT2D eigenvalue weighted by molar-refractivity contribution is 7.99. The van der Waals surface area contributed by atoms with Gasteiger partial charge in [-0.15, -0.1) is 10.2 Å². The van der Waals surface area contributed by atoms with Crippen molar-refractivity contribution in [2.24, 2.45) is 0 Å². The van der Waals surface area contributed by atoms with Gasteiger partial charge in [-0.05, 0) is 24.4 Å². The van der Waals surface area contributed by atoms with E-state index in [1.807, 2.05) is 11.8 Å². The van der Waals surface area contributed by atoms with Crippen molar-refractivity contribution < 1.29 is 0 Å². The fourth-order valence-corrected chi connectivity index (χ4v) is 3.74. The fraction of sp³-hybridized carbons (Fsp3) is 0.750. The van der Waals surface area contributed by atoms with Gasteiger partial charge in [0.25, 0.3) is 0 Å². The quantitative estimate of drug-likeness (QED) is 0.802. The third-order valence-corrected chi connectivity index (χ3v) is 4.77. The lowest BCUT2D eigenvalue weighted by Crippen LogP contribution is -1.94. The van der Waals surface area contributed by atoms with Crippen LogP contribution < -0.4 is 0 Å². The maximum absolute atomic E-state index is 5.69. The fourth-order valence-electron chi connectivity index (χ4n) is 1.54. The van der Waals surface area contributed by atoms with Crippen LogP contribution in [0.2, 0.25) is 4.47 Å². The van der Waals surface area contributed by atoms with E-state index >= 15 is 0 Å². The molecule has 0 saturated heterocycles. The Labute approximate surface area is 91.1 Å². The van der Waals surface area contributed by atoms with Crippen LogP contribution in [0.1, 0.15) is 30.7 Å². The molecule has 0 unspecified atom stereocenters. The zero-order valence-electron chi connectivity index (χ0n) is 7.20. The molecule has 72 valence electrons. The number of rotatable bonds is 3. The first-order valence-electron chi connectivity index (χ1n) is 4.44. The minimum absolute atomic E-state index is 0.557. The molecule has 13 heavy (non-hydrogen) atoms. The summed E-state index contributed by atoms with van der Waals surface area (Å²) in [5.41, 5.74) is 0. The molecule has 1 fully saturated rings. The van der Waals surface area contributed by atoms with Crippen LogP contribution in [0.25, 0.3) is 0 Å². The number of hydrogen-bond donors (Lipinski definition) is 0. The molecule has 0 bridgehead atoms. The molecule has 0 spiro atoms. The Morgan fingerprint density at radius 2 is 2.15 bits per heavy atom. The summed E-state index contributed by atoms with van der Waals surface area (Å²) in [5, 5.41) is 9.68. The second-order valence-corrected chi connectivity index (χ2v) is 6.10. The van der Waals surface area contributed by atoms with Crippen molar-refractivity contribution in [1.29, 1.82) is 0 Å². The SMILES string of the molecule is Clc1nnc(CSC2CCCC2)s1. The standard InChI is InChI=1S/C8H11ClN2S2/c9-8-11-10-7(13-8)5-12-6-3-1-2-4-6/h6H,1-5H2. The van der Waals surface area contributed by atoms with Crippen molar-refractivity contribution in [1.82, 2.24) is 10.2 Å². The van der Waals surface area contributed by atoms with Gasteiger partial charge in [0, 0.05) is 11.0 Å². The molecule has 0 aromatic carbocycles. The lowest BCUT2D eigenvalue weighted by molar-refractivity contribution is 0.886. The van der Waals surface area contributed by atoms with Crippen LogP contribution >= 0.6 is 34.7 Å². The van der Waals surface area contributed by atoms with Crippen molar-refractivity contribution in [3.05, 3.63) is 9.47 Å². The predicted molar refractivity (Wildman–Crippen MR) is 58.5 cm³/mol. The van der Waals surface area contributed by atoms with Crippen LogP contribution in [0.3, 0.4) is 0 Å². The van der Waals surface area contributed by atoms with Crippen molar-refractivity contribution >= 4 is 34.7 Å². The van der Waals surface area contributed by atoms with Crippen molar-refractivity contribution in [3.8, 4) is 0 Å². The maximum Gasteiger partial charge on any atom is 0.207 e. The summed E-state index contributed by atoms with van der Waals surface area (Å²) in [6, 6.07) is 0. The Kier molecular flexibility index (Phi) is 3.46. The molecule has 1 heterocycles. The van der Waals surface area contributed by atoms with Crippen molar-refractivity contribution in [2.45, 2.75) is 36.7 Å². The van der Waals surface area contributed by atoms with E-state index in [2.05, 4.69) is 10.2 Å². The summed E-state index contributed by atoms with van der Waals surface area (Å²) >= 11 is 9.18. The Hall–Kier alpha value is 0.200. The van der Waals surface area contributed by atoms with Gasteiger partial charge < -0.3 is 0 Å². The lowest BCUT2D eigenvalue weighted by Gasteiger charge is -2.05. The number of hydrogen-bond acceptors (Lipinski definition) is 4. The summed E-state index contributed by atoms with van der Waals surface area (Å²) in [4.78, 5) is 0. The van der Waals surface area contributed by atoms with E-state index in [0.29, 0.717) is 4.47 Å². The molecule has 5 heteroatoms. The van der Waals surface area contributed by atoms with Gasteiger partial charge in [-0.1, -0.05) is 24.2 Å². The molecular formula is C8H11ClN2S2. The van der Waals surface area contributed by atoms with E-state index in [1.165, 1.54) is 37.0 Å². The minimum Gasteiger partial charge on any atom is -0.151 e. The van der Waals surface area contributed by atoms with Gasteiger partial charge in [0.15, 0.2) is 0 Å². The second kappa shape index (κ2) is 4.62. The van der Waals surface area contributed by atoms with Crippen LogP contribution in [0.15, 0.2) is 0 Å². The monoisotopic (exact) mass is 234 g/mol. The molecule has 2 rings (SSSR count). The molecule has 0 N–H and O–H groups in total. The van der Waals surface area contributed by atoms with Crippen LogP contribution in [-0.4, -0.2) is 15.4 Å². The molecule has 0 amide bonds. The summed E-state index contributed by atoms with van der Waals surface area (Å²) in [5.74, 6) is 0.981. The molecule has 1 aliphatic rings. The van der Waals surface area contributed by atoms with Crippen LogP contribution in [0.5, 0.6) is 0 Å². The average Bonchev–Trinajstić information content (AvgIpc) is 2.71. The van der Waals surface area contributed by atoms with E-state index in [9.17, 15) is 0 Å².